The van der Waals surface area contributed by atoms with Crippen molar-refractivity contribution in [3.05, 3.63) is 41.5 Å². The lowest BCUT2D eigenvalue weighted by Gasteiger charge is -2.17. The van der Waals surface area contributed by atoms with Crippen molar-refractivity contribution >= 4 is 29.2 Å². The summed E-state index contributed by atoms with van der Waals surface area (Å²) < 4.78 is 20.9. The van der Waals surface area contributed by atoms with Crippen molar-refractivity contribution in [2.24, 2.45) is 4.40 Å². The highest BCUT2D eigenvalue weighted by atomic mass is 32.2. The molecule has 0 amide bonds. The summed E-state index contributed by atoms with van der Waals surface area (Å²) in [7, 11) is -1.32. The van der Waals surface area contributed by atoms with Crippen molar-refractivity contribution in [3.63, 3.8) is 0 Å². The molecule has 0 bridgehead atoms. The van der Waals surface area contributed by atoms with E-state index in [9.17, 15) is 9.00 Å². The van der Waals surface area contributed by atoms with Gasteiger partial charge in [0.05, 0.1) is 4.75 Å². The van der Waals surface area contributed by atoms with Gasteiger partial charge in [0.15, 0.2) is 0 Å². The van der Waals surface area contributed by atoms with E-state index in [4.69, 9.17) is 4.74 Å². The Balaban J connectivity index is 2.92. The standard InChI is InChI=1S/C18H25NO3S/c1-17(2,3)22-16(20)12-11-14-9-7-8-10-15(14)13-19-23(21)18(4,5)6/h7-13H,1-6H3/b12-11+,19-13+. The predicted octanol–water partition coefficient (Wildman–Crippen LogP) is 3.92. The molecule has 0 radical (unpaired) electrons. The lowest BCUT2D eigenvalue weighted by atomic mass is 10.1. The second-order valence-corrected chi connectivity index (χ2v) is 9.03. The zero-order valence-electron chi connectivity index (χ0n) is 14.6. The van der Waals surface area contributed by atoms with Crippen LogP contribution < -0.4 is 0 Å². The van der Waals surface area contributed by atoms with Gasteiger partial charge in [0.25, 0.3) is 0 Å². The molecule has 23 heavy (non-hydrogen) atoms. The lowest BCUT2D eigenvalue weighted by Crippen LogP contribution is -2.22. The number of hydrogen-bond acceptors (Lipinski definition) is 3. The van der Waals surface area contributed by atoms with E-state index in [-0.39, 0.29) is 0 Å². The fraction of sp³-hybridized carbons (Fsp3) is 0.444. The summed E-state index contributed by atoms with van der Waals surface area (Å²) in [5, 5.41) is 0. The van der Waals surface area contributed by atoms with Gasteiger partial charge in [-0.15, -0.1) is 0 Å². The average molecular weight is 335 g/mol. The van der Waals surface area contributed by atoms with Crippen LogP contribution in [0.5, 0.6) is 0 Å². The van der Waals surface area contributed by atoms with Crippen LogP contribution in [0.2, 0.25) is 0 Å². The van der Waals surface area contributed by atoms with Gasteiger partial charge in [-0.05, 0) is 53.2 Å². The predicted molar refractivity (Wildman–Crippen MR) is 96.8 cm³/mol. The van der Waals surface area contributed by atoms with Crippen molar-refractivity contribution in [2.45, 2.75) is 51.9 Å². The van der Waals surface area contributed by atoms with Crippen LogP contribution in [0.25, 0.3) is 6.08 Å². The molecule has 0 N–H and O–H groups in total. The number of rotatable bonds is 4. The van der Waals surface area contributed by atoms with Gasteiger partial charge in [-0.2, -0.15) is 4.40 Å². The molecule has 0 aliphatic carbocycles. The summed E-state index contributed by atoms with van der Waals surface area (Å²) >= 11 is 0. The number of nitrogens with zero attached hydrogens (tertiary/aromatic N) is 1. The zero-order chi connectivity index (χ0) is 17.7. The first-order valence-corrected chi connectivity index (χ1v) is 8.56. The van der Waals surface area contributed by atoms with Crippen molar-refractivity contribution in [3.8, 4) is 0 Å². The van der Waals surface area contributed by atoms with Crippen molar-refractivity contribution in [1.29, 1.82) is 0 Å². The molecule has 0 spiro atoms. The Morgan fingerprint density at radius 2 is 1.65 bits per heavy atom. The van der Waals surface area contributed by atoms with E-state index >= 15 is 0 Å². The van der Waals surface area contributed by atoms with Crippen molar-refractivity contribution in [1.82, 2.24) is 0 Å². The molecule has 0 saturated heterocycles. The van der Waals surface area contributed by atoms with Gasteiger partial charge in [0.1, 0.15) is 16.6 Å². The monoisotopic (exact) mass is 335 g/mol. The number of carbonyl (C=O) groups excluding carboxylic acids is 1. The minimum Gasteiger partial charge on any atom is -0.457 e. The molecule has 1 rings (SSSR count). The fourth-order valence-electron chi connectivity index (χ4n) is 1.54. The third-order valence-electron chi connectivity index (χ3n) is 2.61. The van der Waals surface area contributed by atoms with E-state index in [0.717, 1.165) is 11.1 Å². The molecule has 4 nitrogen and oxygen atoms in total. The summed E-state index contributed by atoms with van der Waals surface area (Å²) in [4.78, 5) is 11.7. The summed E-state index contributed by atoms with van der Waals surface area (Å²) in [6, 6.07) is 7.46. The van der Waals surface area contributed by atoms with Crippen LogP contribution >= 0.6 is 0 Å². The highest BCUT2D eigenvalue weighted by molar-refractivity contribution is 7.85. The van der Waals surface area contributed by atoms with E-state index in [1.807, 2.05) is 65.8 Å². The summed E-state index contributed by atoms with van der Waals surface area (Å²) in [5.41, 5.74) is 1.09. The second-order valence-electron chi connectivity index (χ2n) is 7.09. The molecule has 1 aromatic rings. The molecule has 0 aliphatic rings. The first-order valence-electron chi connectivity index (χ1n) is 7.45. The number of ether oxygens (including phenoxy) is 1. The first kappa shape index (κ1) is 19.3. The van der Waals surface area contributed by atoms with Crippen LogP contribution in [0.3, 0.4) is 0 Å². The molecule has 5 heteroatoms. The summed E-state index contributed by atoms with van der Waals surface area (Å²) in [6.07, 6.45) is 4.64. The maximum atomic E-state index is 12.0. The largest absolute Gasteiger partial charge is 0.457 e. The van der Waals surface area contributed by atoms with Gasteiger partial charge < -0.3 is 4.74 Å². The van der Waals surface area contributed by atoms with Gasteiger partial charge in [-0.1, -0.05) is 24.3 Å². The minimum atomic E-state index is -1.32. The van der Waals surface area contributed by atoms with E-state index in [1.165, 1.54) is 6.08 Å². The van der Waals surface area contributed by atoms with E-state index in [2.05, 4.69) is 4.40 Å². The summed E-state index contributed by atoms with van der Waals surface area (Å²) in [5.74, 6) is -0.400. The first-order chi connectivity index (χ1) is 10.5. The van der Waals surface area contributed by atoms with Crippen molar-refractivity contribution < 1.29 is 13.7 Å². The molecule has 0 heterocycles. The number of carbonyl (C=O) groups is 1. The van der Waals surface area contributed by atoms with Gasteiger partial charge in [0.2, 0.25) is 0 Å². The van der Waals surface area contributed by atoms with Crippen LogP contribution in [0.1, 0.15) is 52.7 Å². The lowest BCUT2D eigenvalue weighted by molar-refractivity contribution is -0.148. The van der Waals surface area contributed by atoms with Gasteiger partial charge in [-0.25, -0.2) is 9.00 Å². The van der Waals surface area contributed by atoms with Crippen molar-refractivity contribution in [2.75, 3.05) is 0 Å². The number of hydrogen-bond donors (Lipinski definition) is 0. The van der Waals surface area contributed by atoms with Gasteiger partial charge in [-0.3, -0.25) is 0 Å². The van der Waals surface area contributed by atoms with E-state index in [1.54, 1.807) is 12.3 Å². The quantitative estimate of drug-likeness (QED) is 0.476. The highest BCUT2D eigenvalue weighted by Gasteiger charge is 2.18. The van der Waals surface area contributed by atoms with E-state index < -0.39 is 27.3 Å². The third kappa shape index (κ3) is 7.37. The van der Waals surface area contributed by atoms with Crippen LogP contribution in [0, 0.1) is 0 Å². The fourth-order valence-corrected chi connectivity index (χ4v) is 2.06. The molecule has 126 valence electrons. The Morgan fingerprint density at radius 3 is 2.17 bits per heavy atom. The second kappa shape index (κ2) is 7.68. The Kier molecular flexibility index (Phi) is 6.45. The number of benzene rings is 1. The Hall–Kier alpha value is -1.75. The van der Waals surface area contributed by atoms with Crippen LogP contribution in [0.15, 0.2) is 34.7 Å². The topological polar surface area (TPSA) is 55.7 Å². The molecule has 0 aromatic heterocycles. The van der Waals surface area contributed by atoms with Crippen LogP contribution in [-0.4, -0.2) is 26.7 Å². The third-order valence-corrected chi connectivity index (χ3v) is 3.96. The number of esters is 1. The van der Waals surface area contributed by atoms with Gasteiger partial charge in [0, 0.05) is 17.9 Å². The minimum absolute atomic E-state index is 0.400. The molecular weight excluding hydrogens is 310 g/mol. The zero-order valence-corrected chi connectivity index (χ0v) is 15.4. The molecule has 1 aromatic carbocycles. The molecule has 1 atom stereocenters. The normalized spacial score (nSPS) is 14.3. The Labute approximate surface area is 141 Å². The maximum Gasteiger partial charge on any atom is 0.331 e. The smallest absolute Gasteiger partial charge is 0.331 e. The van der Waals surface area contributed by atoms with E-state index in [0.29, 0.717) is 0 Å². The molecule has 0 saturated carbocycles. The SMILES string of the molecule is CC(C)(C)OC(=O)/C=C/c1ccccc1/C=N/S(=O)C(C)(C)C. The maximum absolute atomic E-state index is 12.0. The molecule has 0 fully saturated rings. The molecular formula is C18H25NO3S. The van der Waals surface area contributed by atoms with Gasteiger partial charge >= 0.3 is 5.97 Å². The van der Waals surface area contributed by atoms with Crippen LogP contribution in [-0.2, 0) is 20.5 Å². The Bertz CT molecular complexity index is 634. The molecule has 1 unspecified atom stereocenters. The Morgan fingerprint density at radius 1 is 1.09 bits per heavy atom. The summed E-state index contributed by atoms with van der Waals surface area (Å²) in [6.45, 7) is 11.1. The average Bonchev–Trinajstić information content (AvgIpc) is 2.40. The molecule has 0 aliphatic heterocycles. The highest BCUT2D eigenvalue weighted by Crippen LogP contribution is 2.14. The van der Waals surface area contributed by atoms with Crippen LogP contribution in [0.4, 0.5) is 0 Å².